The van der Waals surface area contributed by atoms with Gasteiger partial charge < -0.3 is 8.98 Å². The molecule has 0 spiro atoms. The van der Waals surface area contributed by atoms with Crippen LogP contribution in [0.25, 0.3) is 115 Å². The minimum absolute atomic E-state index is 0.593. The third-order valence-electron chi connectivity index (χ3n) is 11.1. The molecule has 4 aromatic heterocycles. The van der Waals surface area contributed by atoms with Gasteiger partial charge in [-0.2, -0.15) is 0 Å². The minimum atomic E-state index is 0.593. The summed E-state index contributed by atoms with van der Waals surface area (Å²) in [6.07, 6.45) is 0. The van der Waals surface area contributed by atoms with Gasteiger partial charge in [-0.25, -0.2) is 15.0 Å². The van der Waals surface area contributed by atoms with E-state index in [1.54, 1.807) is 11.3 Å². The molecule has 266 valence electrons. The van der Waals surface area contributed by atoms with Crippen LogP contribution in [-0.2, 0) is 0 Å². The van der Waals surface area contributed by atoms with Crippen LogP contribution in [0.5, 0.6) is 0 Å². The summed E-state index contributed by atoms with van der Waals surface area (Å²) in [6, 6.07) is 63.8. The Morgan fingerprint density at radius 1 is 0.404 bits per heavy atom. The second-order valence-electron chi connectivity index (χ2n) is 14.4. The van der Waals surface area contributed by atoms with Gasteiger partial charge in [0.25, 0.3) is 0 Å². The third kappa shape index (κ3) is 5.04. The molecule has 0 saturated heterocycles. The lowest BCUT2D eigenvalue weighted by molar-refractivity contribution is 0.669. The molecular weight excluding hydrogens is 717 g/mol. The molecule has 4 heterocycles. The minimum Gasteiger partial charge on any atom is -0.456 e. The van der Waals surface area contributed by atoms with Crippen molar-refractivity contribution < 1.29 is 4.42 Å². The number of furan rings is 1. The molecule has 0 unspecified atom stereocenters. The lowest BCUT2D eigenvalue weighted by atomic mass is 10.0. The summed E-state index contributed by atoms with van der Waals surface area (Å²) in [6.45, 7) is 0. The number of rotatable bonds is 5. The highest BCUT2D eigenvalue weighted by atomic mass is 32.1. The van der Waals surface area contributed by atoms with E-state index >= 15 is 0 Å². The lowest BCUT2D eigenvalue weighted by Crippen LogP contribution is -2.00. The predicted molar refractivity (Wildman–Crippen MR) is 236 cm³/mol. The van der Waals surface area contributed by atoms with Crippen molar-refractivity contribution in [3.05, 3.63) is 182 Å². The highest BCUT2D eigenvalue weighted by Crippen LogP contribution is 2.42. The van der Waals surface area contributed by atoms with Crippen molar-refractivity contribution in [3.63, 3.8) is 0 Å². The van der Waals surface area contributed by atoms with E-state index in [-0.39, 0.29) is 0 Å². The normalized spacial score (nSPS) is 11.9. The van der Waals surface area contributed by atoms with E-state index in [1.165, 1.54) is 37.4 Å². The fourth-order valence-corrected chi connectivity index (χ4v) is 9.65. The summed E-state index contributed by atoms with van der Waals surface area (Å²) in [5.74, 6) is 1.86. The molecule has 0 bridgehead atoms. The topological polar surface area (TPSA) is 56.7 Å². The molecule has 0 N–H and O–H groups in total. The largest absolute Gasteiger partial charge is 0.456 e. The highest BCUT2D eigenvalue weighted by molar-refractivity contribution is 7.26. The quantitative estimate of drug-likeness (QED) is 0.176. The number of fused-ring (bicyclic) bond motifs is 9. The van der Waals surface area contributed by atoms with Gasteiger partial charge in [-0.1, -0.05) is 133 Å². The van der Waals surface area contributed by atoms with Crippen LogP contribution in [0.1, 0.15) is 0 Å². The summed E-state index contributed by atoms with van der Waals surface area (Å²) in [5, 5.41) is 6.96. The second-order valence-corrected chi connectivity index (χ2v) is 15.4. The van der Waals surface area contributed by atoms with Gasteiger partial charge >= 0.3 is 0 Å². The summed E-state index contributed by atoms with van der Waals surface area (Å²) in [5.41, 5.74) is 10.1. The standard InChI is InChI=1S/C51H30N4OS/c1-3-13-31(14-4-1)33-25-27-36-35-17-7-9-21-41(35)55(43(36)29-33)42-22-12-23-44-47(42)39-28-26-34(30-45(39)56-44)50-52-49(32-15-5-2-6-16-32)53-51(54-50)40-20-11-19-38-37-18-8-10-24-46(37)57-48(38)40/h1-30H. The Kier molecular flexibility index (Phi) is 7.03. The Morgan fingerprint density at radius 3 is 1.91 bits per heavy atom. The van der Waals surface area contributed by atoms with Crippen LogP contribution in [0.4, 0.5) is 0 Å². The van der Waals surface area contributed by atoms with Crippen LogP contribution in [0.2, 0.25) is 0 Å². The molecule has 5 nitrogen and oxygen atoms in total. The summed E-state index contributed by atoms with van der Waals surface area (Å²) in [4.78, 5) is 15.3. The van der Waals surface area contributed by atoms with Gasteiger partial charge in [0.05, 0.1) is 22.1 Å². The first kappa shape index (κ1) is 31.9. The first-order valence-electron chi connectivity index (χ1n) is 19.0. The number of hydrogen-bond acceptors (Lipinski definition) is 5. The Morgan fingerprint density at radius 2 is 1.05 bits per heavy atom. The van der Waals surface area contributed by atoms with Crippen LogP contribution < -0.4 is 0 Å². The molecule has 0 saturated carbocycles. The molecule has 57 heavy (non-hydrogen) atoms. The number of hydrogen-bond donors (Lipinski definition) is 0. The Labute approximate surface area is 330 Å². The van der Waals surface area contributed by atoms with Crippen molar-refractivity contribution in [3.8, 4) is 51.0 Å². The molecule has 8 aromatic carbocycles. The van der Waals surface area contributed by atoms with Gasteiger partial charge in [0.2, 0.25) is 0 Å². The third-order valence-corrected chi connectivity index (χ3v) is 12.3. The van der Waals surface area contributed by atoms with Crippen LogP contribution in [0.3, 0.4) is 0 Å². The van der Waals surface area contributed by atoms with E-state index in [2.05, 4.69) is 156 Å². The number of benzene rings is 8. The fourth-order valence-electron chi connectivity index (χ4n) is 8.44. The lowest BCUT2D eigenvalue weighted by Gasteiger charge is -2.11. The first-order valence-corrected chi connectivity index (χ1v) is 19.8. The van der Waals surface area contributed by atoms with Crippen molar-refractivity contribution in [2.45, 2.75) is 0 Å². The molecular formula is C51H30N4OS. The van der Waals surface area contributed by atoms with E-state index < -0.39 is 0 Å². The number of para-hydroxylation sites is 1. The van der Waals surface area contributed by atoms with E-state index in [9.17, 15) is 0 Å². The second kappa shape index (κ2) is 12.6. The summed E-state index contributed by atoms with van der Waals surface area (Å²) in [7, 11) is 0. The zero-order chi connectivity index (χ0) is 37.5. The maximum absolute atomic E-state index is 6.71. The van der Waals surface area contributed by atoms with Crippen LogP contribution in [-0.4, -0.2) is 19.5 Å². The fraction of sp³-hybridized carbons (Fsp3) is 0. The summed E-state index contributed by atoms with van der Waals surface area (Å²) < 4.78 is 11.5. The molecule has 0 amide bonds. The van der Waals surface area contributed by atoms with Gasteiger partial charge in [0, 0.05) is 53.0 Å². The molecule has 12 rings (SSSR count). The Balaban J connectivity index is 1.05. The van der Waals surface area contributed by atoms with Crippen LogP contribution in [0.15, 0.2) is 186 Å². The maximum atomic E-state index is 6.71. The average Bonchev–Trinajstić information content (AvgIpc) is 3.96. The Bertz CT molecular complexity index is 3530. The van der Waals surface area contributed by atoms with E-state index in [4.69, 9.17) is 19.4 Å². The van der Waals surface area contributed by atoms with Crippen molar-refractivity contribution >= 4 is 75.3 Å². The van der Waals surface area contributed by atoms with Crippen molar-refractivity contribution in [2.75, 3.05) is 0 Å². The number of thiophene rings is 1. The zero-order valence-corrected chi connectivity index (χ0v) is 31.2. The molecule has 0 aliphatic carbocycles. The maximum Gasteiger partial charge on any atom is 0.165 e. The molecule has 0 atom stereocenters. The van der Waals surface area contributed by atoms with Crippen molar-refractivity contribution in [2.24, 2.45) is 0 Å². The van der Waals surface area contributed by atoms with Gasteiger partial charge in [0.15, 0.2) is 17.5 Å². The Hall–Kier alpha value is -7.41. The molecule has 0 aliphatic rings. The molecule has 0 aliphatic heterocycles. The summed E-state index contributed by atoms with van der Waals surface area (Å²) >= 11 is 1.77. The van der Waals surface area contributed by atoms with Gasteiger partial charge in [-0.15, -0.1) is 11.3 Å². The van der Waals surface area contributed by atoms with Gasteiger partial charge in [0.1, 0.15) is 11.2 Å². The monoisotopic (exact) mass is 746 g/mol. The van der Waals surface area contributed by atoms with Gasteiger partial charge in [-0.05, 0) is 59.7 Å². The predicted octanol–water partition coefficient (Wildman–Crippen LogP) is 13.9. The average molecular weight is 747 g/mol. The van der Waals surface area contributed by atoms with E-state index in [0.29, 0.717) is 17.5 Å². The molecule has 0 fully saturated rings. The zero-order valence-electron chi connectivity index (χ0n) is 30.4. The highest BCUT2D eigenvalue weighted by Gasteiger charge is 2.21. The van der Waals surface area contributed by atoms with Crippen LogP contribution >= 0.6 is 11.3 Å². The molecule has 0 radical (unpaired) electrons. The van der Waals surface area contributed by atoms with Gasteiger partial charge in [-0.3, -0.25) is 0 Å². The molecule has 6 heteroatoms. The number of aromatic nitrogens is 4. The smallest absolute Gasteiger partial charge is 0.165 e. The van der Waals surface area contributed by atoms with Crippen molar-refractivity contribution in [1.82, 2.24) is 19.5 Å². The SMILES string of the molecule is c1ccc(-c2ccc3c4ccccc4n(-c4cccc5oc6cc(-c7nc(-c8ccccc8)nc(-c8cccc9c8sc8ccccc89)n7)ccc6c45)c3c2)cc1. The number of nitrogens with zero attached hydrogens (tertiary/aromatic N) is 4. The van der Waals surface area contributed by atoms with E-state index in [0.717, 1.165) is 60.0 Å². The van der Waals surface area contributed by atoms with E-state index in [1.807, 2.05) is 30.3 Å². The van der Waals surface area contributed by atoms with Crippen LogP contribution in [0, 0.1) is 0 Å². The van der Waals surface area contributed by atoms with Crippen molar-refractivity contribution in [1.29, 1.82) is 0 Å². The molecule has 12 aromatic rings. The first-order chi connectivity index (χ1) is 28.2.